The van der Waals surface area contributed by atoms with Crippen LogP contribution in [0.5, 0.6) is 0 Å². The minimum Gasteiger partial charge on any atom is -0.465 e. The topological polar surface area (TPSA) is 72.5 Å². The standard InChI is InChI=1S/C11H15NO4S/c1-4-17(14,15)12-10-6-5-8(2)7-9(10)11(13)16-3/h5-7,12H,4H2,1-3H3. The first kappa shape index (κ1) is 13.5. The second-order valence-electron chi connectivity index (χ2n) is 3.55. The number of benzene rings is 1. The summed E-state index contributed by atoms with van der Waals surface area (Å²) in [6.07, 6.45) is 0. The largest absolute Gasteiger partial charge is 0.465 e. The number of esters is 1. The number of methoxy groups -OCH3 is 1. The lowest BCUT2D eigenvalue weighted by atomic mass is 10.1. The second kappa shape index (κ2) is 5.18. The number of sulfonamides is 1. The highest BCUT2D eigenvalue weighted by Gasteiger charge is 2.15. The van der Waals surface area contributed by atoms with Crippen molar-refractivity contribution in [2.24, 2.45) is 0 Å². The normalized spacial score (nSPS) is 11.0. The van der Waals surface area contributed by atoms with E-state index in [9.17, 15) is 13.2 Å². The van der Waals surface area contributed by atoms with Gasteiger partial charge in [0.1, 0.15) is 0 Å². The molecule has 0 amide bonds. The molecule has 0 aliphatic heterocycles. The van der Waals surface area contributed by atoms with Gasteiger partial charge in [0.05, 0.1) is 24.1 Å². The monoisotopic (exact) mass is 257 g/mol. The van der Waals surface area contributed by atoms with Gasteiger partial charge in [-0.2, -0.15) is 0 Å². The van der Waals surface area contributed by atoms with Crippen LogP contribution in [-0.2, 0) is 14.8 Å². The summed E-state index contributed by atoms with van der Waals surface area (Å²) in [6.45, 7) is 3.33. The van der Waals surface area contributed by atoms with Gasteiger partial charge >= 0.3 is 5.97 Å². The van der Waals surface area contributed by atoms with E-state index in [2.05, 4.69) is 9.46 Å². The number of aryl methyl sites for hydroxylation is 1. The zero-order chi connectivity index (χ0) is 13.1. The lowest BCUT2D eigenvalue weighted by Gasteiger charge is -2.11. The van der Waals surface area contributed by atoms with E-state index >= 15 is 0 Å². The van der Waals surface area contributed by atoms with Crippen molar-refractivity contribution in [3.8, 4) is 0 Å². The summed E-state index contributed by atoms with van der Waals surface area (Å²) < 4.78 is 29.9. The van der Waals surface area contributed by atoms with Gasteiger partial charge in [-0.25, -0.2) is 13.2 Å². The van der Waals surface area contributed by atoms with E-state index in [0.29, 0.717) is 0 Å². The highest BCUT2D eigenvalue weighted by atomic mass is 32.2. The van der Waals surface area contributed by atoms with Crippen LogP contribution in [0.4, 0.5) is 5.69 Å². The van der Waals surface area contributed by atoms with Crippen molar-refractivity contribution in [2.75, 3.05) is 17.6 Å². The smallest absolute Gasteiger partial charge is 0.340 e. The predicted octanol–water partition coefficient (Wildman–Crippen LogP) is 1.54. The van der Waals surface area contributed by atoms with Crippen LogP contribution >= 0.6 is 0 Å². The Balaban J connectivity index is 3.20. The van der Waals surface area contributed by atoms with Gasteiger partial charge in [-0.1, -0.05) is 11.6 Å². The van der Waals surface area contributed by atoms with Crippen LogP contribution in [-0.4, -0.2) is 27.2 Å². The van der Waals surface area contributed by atoms with Crippen molar-refractivity contribution in [1.82, 2.24) is 0 Å². The molecule has 0 radical (unpaired) electrons. The number of carbonyl (C=O) groups excluding carboxylic acids is 1. The van der Waals surface area contributed by atoms with E-state index in [-0.39, 0.29) is 17.0 Å². The molecule has 0 aliphatic carbocycles. The molecule has 0 aliphatic rings. The van der Waals surface area contributed by atoms with Gasteiger partial charge in [-0.15, -0.1) is 0 Å². The third kappa shape index (κ3) is 3.45. The van der Waals surface area contributed by atoms with Gasteiger partial charge in [0.2, 0.25) is 10.0 Å². The summed E-state index contributed by atoms with van der Waals surface area (Å²) >= 11 is 0. The summed E-state index contributed by atoms with van der Waals surface area (Å²) in [5.41, 5.74) is 1.30. The van der Waals surface area contributed by atoms with Gasteiger partial charge in [-0.05, 0) is 26.0 Å². The van der Waals surface area contributed by atoms with Crippen molar-refractivity contribution in [3.63, 3.8) is 0 Å². The highest BCUT2D eigenvalue weighted by molar-refractivity contribution is 7.92. The molecule has 6 heteroatoms. The van der Waals surface area contributed by atoms with E-state index in [0.717, 1.165) is 5.56 Å². The molecule has 0 atom stereocenters. The van der Waals surface area contributed by atoms with Crippen LogP contribution in [0, 0.1) is 6.92 Å². The summed E-state index contributed by atoms with van der Waals surface area (Å²) in [7, 11) is -2.15. The molecule has 0 saturated heterocycles. The van der Waals surface area contributed by atoms with Gasteiger partial charge in [0, 0.05) is 0 Å². The molecular formula is C11H15NO4S. The summed E-state index contributed by atoms with van der Waals surface area (Å²) in [4.78, 5) is 11.5. The first-order valence-corrected chi connectivity index (χ1v) is 6.74. The van der Waals surface area contributed by atoms with Crippen LogP contribution in [0.15, 0.2) is 18.2 Å². The molecule has 0 heterocycles. The first-order chi connectivity index (χ1) is 7.89. The first-order valence-electron chi connectivity index (χ1n) is 5.09. The third-order valence-electron chi connectivity index (χ3n) is 2.23. The number of nitrogens with one attached hydrogen (secondary N) is 1. The van der Waals surface area contributed by atoms with Crippen LogP contribution in [0.25, 0.3) is 0 Å². The number of anilines is 1. The molecule has 17 heavy (non-hydrogen) atoms. The minimum absolute atomic E-state index is 0.0541. The number of hydrogen-bond acceptors (Lipinski definition) is 4. The third-order valence-corrected chi connectivity index (χ3v) is 3.52. The maximum absolute atomic E-state index is 11.5. The summed E-state index contributed by atoms with van der Waals surface area (Å²) in [5.74, 6) is -0.621. The fourth-order valence-electron chi connectivity index (χ4n) is 1.27. The Hall–Kier alpha value is -1.56. The van der Waals surface area contributed by atoms with Crippen LogP contribution < -0.4 is 4.72 Å². The molecule has 1 aromatic rings. The van der Waals surface area contributed by atoms with Crippen molar-refractivity contribution < 1.29 is 17.9 Å². The predicted molar refractivity (Wildman–Crippen MR) is 65.6 cm³/mol. The van der Waals surface area contributed by atoms with Crippen LogP contribution in [0.3, 0.4) is 0 Å². The van der Waals surface area contributed by atoms with Crippen molar-refractivity contribution in [1.29, 1.82) is 0 Å². The van der Waals surface area contributed by atoms with Crippen LogP contribution in [0.2, 0.25) is 0 Å². The van der Waals surface area contributed by atoms with Crippen molar-refractivity contribution in [2.45, 2.75) is 13.8 Å². The average molecular weight is 257 g/mol. The molecule has 0 spiro atoms. The van der Waals surface area contributed by atoms with E-state index < -0.39 is 16.0 Å². The Kier molecular flexibility index (Phi) is 4.11. The SMILES string of the molecule is CCS(=O)(=O)Nc1ccc(C)cc1C(=O)OC. The molecule has 0 saturated carbocycles. The molecule has 1 N–H and O–H groups in total. The molecule has 0 aromatic heterocycles. The number of hydrogen-bond donors (Lipinski definition) is 1. The van der Waals surface area contributed by atoms with Crippen molar-refractivity contribution >= 4 is 21.7 Å². The summed E-state index contributed by atoms with van der Waals surface area (Å²) in [5, 5.41) is 0. The number of rotatable bonds is 4. The van der Waals surface area contributed by atoms with E-state index in [1.54, 1.807) is 18.2 Å². The fourth-order valence-corrected chi connectivity index (χ4v) is 1.92. The second-order valence-corrected chi connectivity index (χ2v) is 5.56. The molecule has 1 rings (SSSR count). The lowest BCUT2D eigenvalue weighted by molar-refractivity contribution is 0.0602. The van der Waals surface area contributed by atoms with Crippen LogP contribution in [0.1, 0.15) is 22.8 Å². The molecular weight excluding hydrogens is 242 g/mol. The van der Waals surface area contributed by atoms with E-state index in [1.807, 2.05) is 6.92 Å². The molecule has 0 unspecified atom stereocenters. The zero-order valence-corrected chi connectivity index (χ0v) is 10.8. The molecule has 0 fully saturated rings. The Morgan fingerprint density at radius 2 is 2.06 bits per heavy atom. The van der Waals surface area contributed by atoms with E-state index in [4.69, 9.17) is 0 Å². The van der Waals surface area contributed by atoms with Crippen molar-refractivity contribution in [3.05, 3.63) is 29.3 Å². The Labute approximate surface area is 101 Å². The van der Waals surface area contributed by atoms with Gasteiger partial charge in [0.25, 0.3) is 0 Å². The number of carbonyl (C=O) groups is 1. The fraction of sp³-hybridized carbons (Fsp3) is 0.364. The maximum atomic E-state index is 11.5. The van der Waals surface area contributed by atoms with Gasteiger partial charge < -0.3 is 4.74 Å². The molecule has 94 valence electrons. The summed E-state index contributed by atoms with van der Waals surface area (Å²) in [6, 6.07) is 4.86. The Bertz CT molecular complexity index is 522. The van der Waals surface area contributed by atoms with Gasteiger partial charge in [-0.3, -0.25) is 4.72 Å². The zero-order valence-electron chi connectivity index (χ0n) is 9.98. The molecule has 1 aromatic carbocycles. The minimum atomic E-state index is -3.41. The highest BCUT2D eigenvalue weighted by Crippen LogP contribution is 2.19. The molecule has 0 bridgehead atoms. The average Bonchev–Trinajstić information content (AvgIpc) is 2.30. The maximum Gasteiger partial charge on any atom is 0.340 e. The quantitative estimate of drug-likeness (QED) is 0.830. The Morgan fingerprint density at radius 3 is 2.59 bits per heavy atom. The Morgan fingerprint density at radius 1 is 1.41 bits per heavy atom. The lowest BCUT2D eigenvalue weighted by Crippen LogP contribution is -2.17. The van der Waals surface area contributed by atoms with E-state index in [1.165, 1.54) is 14.0 Å². The molecule has 5 nitrogen and oxygen atoms in total. The number of ether oxygens (including phenoxy) is 1. The van der Waals surface area contributed by atoms with Gasteiger partial charge in [0.15, 0.2) is 0 Å².